The highest BCUT2D eigenvalue weighted by Gasteiger charge is 2.03. The zero-order valence-corrected chi connectivity index (χ0v) is 7.09. The Balaban J connectivity index is 2.93. The highest BCUT2D eigenvalue weighted by molar-refractivity contribution is 9.10. The number of halogens is 1. The van der Waals surface area contributed by atoms with Gasteiger partial charge in [-0.05, 0) is 28.1 Å². The number of fused-ring (bicyclic) bond motifs is 1. The number of benzene rings is 1. The van der Waals surface area contributed by atoms with Gasteiger partial charge in [0.2, 0.25) is 0 Å². The van der Waals surface area contributed by atoms with E-state index in [2.05, 4.69) is 26.1 Å². The first-order chi connectivity index (χ1) is 5.29. The molecule has 0 aliphatic heterocycles. The number of hydrogen-bond donors (Lipinski definition) is 2. The molecule has 11 heavy (non-hydrogen) atoms. The van der Waals surface area contributed by atoms with Crippen LogP contribution < -0.4 is 0 Å². The lowest BCUT2D eigenvalue weighted by Crippen LogP contribution is -1.70. The highest BCUT2D eigenvalue weighted by Crippen LogP contribution is 2.30. The second-order valence-corrected chi connectivity index (χ2v) is 3.08. The van der Waals surface area contributed by atoms with Crippen LogP contribution in [0.15, 0.2) is 22.8 Å². The maximum Gasteiger partial charge on any atom is 0.140 e. The van der Waals surface area contributed by atoms with Gasteiger partial charge in [0, 0.05) is 0 Å². The summed E-state index contributed by atoms with van der Waals surface area (Å²) in [6.45, 7) is 0. The van der Waals surface area contributed by atoms with Crippen LogP contribution in [-0.4, -0.2) is 15.3 Å². The van der Waals surface area contributed by atoms with Crippen LogP contribution in [0.5, 0.6) is 5.75 Å². The lowest BCUT2D eigenvalue weighted by molar-refractivity contribution is 0.478. The first-order valence-electron chi connectivity index (χ1n) is 3.09. The van der Waals surface area contributed by atoms with Gasteiger partial charge in [0.15, 0.2) is 0 Å². The van der Waals surface area contributed by atoms with Gasteiger partial charge in [-0.25, -0.2) is 0 Å². The summed E-state index contributed by atoms with van der Waals surface area (Å²) in [5.41, 5.74) is 0.839. The summed E-state index contributed by atoms with van der Waals surface area (Å²) < 4.78 is 0.686. The van der Waals surface area contributed by atoms with E-state index in [1.165, 1.54) is 0 Å². The standard InChI is InChI=1S/C7H5BrN2O/c8-5-1-2-6-4(7(5)11)3-9-10-6/h1-3,11H,(H,9,10). The summed E-state index contributed by atoms with van der Waals surface area (Å²) in [5, 5.41) is 16.7. The third-order valence-corrected chi connectivity index (χ3v) is 2.19. The van der Waals surface area contributed by atoms with Crippen LogP contribution in [0.3, 0.4) is 0 Å². The largest absolute Gasteiger partial charge is 0.506 e. The van der Waals surface area contributed by atoms with Crippen molar-refractivity contribution in [3.05, 3.63) is 22.8 Å². The van der Waals surface area contributed by atoms with Gasteiger partial charge < -0.3 is 5.11 Å². The van der Waals surface area contributed by atoms with Crippen molar-refractivity contribution in [1.29, 1.82) is 0 Å². The minimum Gasteiger partial charge on any atom is -0.506 e. The summed E-state index contributed by atoms with van der Waals surface area (Å²) in [6.07, 6.45) is 1.59. The van der Waals surface area contributed by atoms with Crippen molar-refractivity contribution in [3.8, 4) is 5.75 Å². The Morgan fingerprint density at radius 2 is 2.27 bits per heavy atom. The summed E-state index contributed by atoms with van der Waals surface area (Å²) in [7, 11) is 0. The number of H-pyrrole nitrogens is 1. The van der Waals surface area contributed by atoms with Gasteiger partial charge in [0.25, 0.3) is 0 Å². The fourth-order valence-electron chi connectivity index (χ4n) is 0.976. The van der Waals surface area contributed by atoms with E-state index < -0.39 is 0 Å². The van der Waals surface area contributed by atoms with Crippen LogP contribution in [0.25, 0.3) is 10.9 Å². The van der Waals surface area contributed by atoms with Crippen molar-refractivity contribution in [2.24, 2.45) is 0 Å². The van der Waals surface area contributed by atoms with E-state index >= 15 is 0 Å². The smallest absolute Gasteiger partial charge is 0.140 e. The van der Waals surface area contributed by atoms with E-state index in [0.29, 0.717) is 4.47 Å². The molecular formula is C7H5BrN2O. The van der Waals surface area contributed by atoms with Crippen molar-refractivity contribution >= 4 is 26.8 Å². The molecule has 0 atom stereocenters. The third-order valence-electron chi connectivity index (χ3n) is 1.55. The molecule has 4 heteroatoms. The van der Waals surface area contributed by atoms with Crippen molar-refractivity contribution in [2.45, 2.75) is 0 Å². The van der Waals surface area contributed by atoms with Crippen LogP contribution in [0.4, 0.5) is 0 Å². The van der Waals surface area contributed by atoms with Gasteiger partial charge in [-0.2, -0.15) is 5.10 Å². The van der Waals surface area contributed by atoms with Gasteiger partial charge in [-0.15, -0.1) is 0 Å². The molecule has 0 fully saturated rings. The number of rotatable bonds is 0. The lowest BCUT2D eigenvalue weighted by Gasteiger charge is -1.95. The third kappa shape index (κ3) is 0.903. The molecule has 1 heterocycles. The Hall–Kier alpha value is -1.03. The quantitative estimate of drug-likeness (QED) is 0.703. The average Bonchev–Trinajstić information content (AvgIpc) is 2.45. The Morgan fingerprint density at radius 1 is 1.45 bits per heavy atom. The normalized spacial score (nSPS) is 10.6. The Kier molecular flexibility index (Phi) is 1.35. The van der Waals surface area contributed by atoms with Crippen LogP contribution in [0.2, 0.25) is 0 Å². The van der Waals surface area contributed by atoms with Crippen molar-refractivity contribution < 1.29 is 5.11 Å². The number of hydrogen-bond acceptors (Lipinski definition) is 2. The zero-order valence-electron chi connectivity index (χ0n) is 5.50. The fourth-order valence-corrected chi connectivity index (χ4v) is 1.32. The summed E-state index contributed by atoms with van der Waals surface area (Å²) in [5.74, 6) is 0.233. The molecule has 0 unspecified atom stereocenters. The maximum absolute atomic E-state index is 9.44. The summed E-state index contributed by atoms with van der Waals surface area (Å²) >= 11 is 3.21. The molecule has 1 aromatic heterocycles. The molecule has 0 amide bonds. The number of nitrogens with zero attached hydrogens (tertiary/aromatic N) is 1. The van der Waals surface area contributed by atoms with Crippen molar-refractivity contribution in [3.63, 3.8) is 0 Å². The number of phenolic OH excluding ortho intramolecular Hbond substituents is 1. The van der Waals surface area contributed by atoms with Gasteiger partial charge in [-0.3, -0.25) is 5.10 Å². The Bertz CT molecular complexity index is 396. The lowest BCUT2D eigenvalue weighted by atomic mass is 10.2. The molecule has 0 bridgehead atoms. The van der Waals surface area contributed by atoms with Crippen LogP contribution in [-0.2, 0) is 0 Å². The number of nitrogens with one attached hydrogen (secondary N) is 1. The second kappa shape index (κ2) is 2.23. The molecule has 0 saturated heterocycles. The number of aromatic nitrogens is 2. The molecule has 0 aliphatic rings. The van der Waals surface area contributed by atoms with E-state index in [1.54, 1.807) is 12.3 Å². The van der Waals surface area contributed by atoms with Gasteiger partial charge in [0.1, 0.15) is 5.75 Å². The number of aromatic hydroxyl groups is 1. The molecule has 0 radical (unpaired) electrons. The topological polar surface area (TPSA) is 48.9 Å². The summed E-state index contributed by atoms with van der Waals surface area (Å²) in [6, 6.07) is 3.63. The van der Waals surface area contributed by atoms with Gasteiger partial charge >= 0.3 is 0 Å². The monoisotopic (exact) mass is 212 g/mol. The molecule has 2 rings (SSSR count). The molecule has 0 aliphatic carbocycles. The van der Waals surface area contributed by atoms with E-state index in [0.717, 1.165) is 10.9 Å². The molecule has 0 spiro atoms. The first-order valence-corrected chi connectivity index (χ1v) is 3.89. The summed E-state index contributed by atoms with van der Waals surface area (Å²) in [4.78, 5) is 0. The highest BCUT2D eigenvalue weighted by atomic mass is 79.9. The molecule has 0 saturated carbocycles. The fraction of sp³-hybridized carbons (Fsp3) is 0. The van der Waals surface area contributed by atoms with Gasteiger partial charge in [0.05, 0.1) is 21.6 Å². The molecule has 3 nitrogen and oxygen atoms in total. The van der Waals surface area contributed by atoms with Crippen molar-refractivity contribution in [2.75, 3.05) is 0 Å². The van der Waals surface area contributed by atoms with E-state index in [-0.39, 0.29) is 5.75 Å². The predicted molar refractivity (Wildman–Crippen MR) is 45.5 cm³/mol. The number of aromatic amines is 1. The Labute approximate surface area is 71.2 Å². The minimum atomic E-state index is 0.233. The van der Waals surface area contributed by atoms with E-state index in [1.807, 2.05) is 6.07 Å². The van der Waals surface area contributed by atoms with E-state index in [4.69, 9.17) is 0 Å². The molecule has 1 aromatic carbocycles. The average molecular weight is 213 g/mol. The van der Waals surface area contributed by atoms with Crippen LogP contribution in [0.1, 0.15) is 0 Å². The van der Waals surface area contributed by atoms with Crippen molar-refractivity contribution in [1.82, 2.24) is 10.2 Å². The minimum absolute atomic E-state index is 0.233. The zero-order chi connectivity index (χ0) is 7.84. The van der Waals surface area contributed by atoms with Gasteiger partial charge in [-0.1, -0.05) is 0 Å². The molecule has 2 N–H and O–H groups in total. The predicted octanol–water partition coefficient (Wildman–Crippen LogP) is 2.03. The van der Waals surface area contributed by atoms with Crippen LogP contribution in [0, 0.1) is 0 Å². The Morgan fingerprint density at radius 3 is 3.09 bits per heavy atom. The van der Waals surface area contributed by atoms with E-state index in [9.17, 15) is 5.11 Å². The molecular weight excluding hydrogens is 208 g/mol. The maximum atomic E-state index is 9.44. The number of phenols is 1. The molecule has 2 aromatic rings. The van der Waals surface area contributed by atoms with Crippen LogP contribution >= 0.6 is 15.9 Å². The SMILES string of the molecule is Oc1c(Br)ccc2[nH]ncc12. The second-order valence-electron chi connectivity index (χ2n) is 2.23. The molecule has 56 valence electrons. The first kappa shape index (κ1) is 6.67.